The van der Waals surface area contributed by atoms with Gasteiger partial charge in [-0.05, 0) is 42.1 Å². The molecule has 0 radical (unpaired) electrons. The van der Waals surface area contributed by atoms with Crippen molar-refractivity contribution in [1.29, 1.82) is 0 Å². The molecule has 1 aliphatic rings. The third kappa shape index (κ3) is 4.09. The fraction of sp³-hybridized carbons (Fsp3) is 0.111. The third-order valence-corrected chi connectivity index (χ3v) is 5.14. The van der Waals surface area contributed by atoms with E-state index in [0.717, 1.165) is 28.0 Å². The van der Waals surface area contributed by atoms with Gasteiger partial charge in [-0.15, -0.1) is 0 Å². The molecule has 1 aliphatic heterocycles. The molecule has 0 atom stereocenters. The van der Waals surface area contributed by atoms with Crippen LogP contribution >= 0.6 is 24.0 Å². The lowest BCUT2D eigenvalue weighted by atomic mass is 10.2. The summed E-state index contributed by atoms with van der Waals surface area (Å²) in [7, 11) is 3.91. The first kappa shape index (κ1) is 18.9. The van der Waals surface area contributed by atoms with Crippen LogP contribution < -0.4 is 10.3 Å². The van der Waals surface area contributed by atoms with Crippen LogP contribution in [0.1, 0.15) is 5.56 Å². The summed E-state index contributed by atoms with van der Waals surface area (Å²) < 4.78 is 0.286. The maximum Gasteiger partial charge on any atom is 0.294 e. The lowest BCUT2D eigenvalue weighted by molar-refractivity contribution is -0.384. The third-order valence-electron chi connectivity index (χ3n) is 3.83. The summed E-state index contributed by atoms with van der Waals surface area (Å²) in [5.41, 5.74) is 4.76. The van der Waals surface area contributed by atoms with Gasteiger partial charge >= 0.3 is 0 Å². The Morgan fingerprint density at radius 3 is 2.48 bits per heavy atom. The molecule has 2 aromatic rings. The molecule has 1 N–H and O–H groups in total. The number of carbonyl (C=O) groups excluding carboxylic acids is 1. The monoisotopic (exact) mass is 400 g/mol. The first-order valence-corrected chi connectivity index (χ1v) is 9.14. The van der Waals surface area contributed by atoms with Crippen LogP contribution in [0.25, 0.3) is 6.08 Å². The van der Waals surface area contributed by atoms with Crippen LogP contribution in [0.2, 0.25) is 0 Å². The number of benzene rings is 2. The van der Waals surface area contributed by atoms with Crippen molar-refractivity contribution in [3.63, 3.8) is 0 Å². The summed E-state index contributed by atoms with van der Waals surface area (Å²) in [6, 6.07) is 13.8. The quantitative estimate of drug-likeness (QED) is 0.353. The topological polar surface area (TPSA) is 78.7 Å². The van der Waals surface area contributed by atoms with E-state index in [0.29, 0.717) is 4.91 Å². The smallest absolute Gasteiger partial charge is 0.294 e. The van der Waals surface area contributed by atoms with E-state index in [2.05, 4.69) is 5.43 Å². The van der Waals surface area contributed by atoms with Crippen LogP contribution in [0, 0.1) is 10.1 Å². The number of nitro benzene ring substituents is 1. The molecule has 0 bridgehead atoms. The molecule has 1 heterocycles. The van der Waals surface area contributed by atoms with E-state index >= 15 is 0 Å². The Labute approximate surface area is 165 Å². The van der Waals surface area contributed by atoms with Crippen molar-refractivity contribution in [2.45, 2.75) is 0 Å². The summed E-state index contributed by atoms with van der Waals surface area (Å²) in [4.78, 5) is 25.8. The number of anilines is 2. The molecule has 1 saturated heterocycles. The van der Waals surface area contributed by atoms with E-state index in [9.17, 15) is 14.9 Å². The number of hydrogen-bond donors (Lipinski definition) is 1. The Bertz CT molecular complexity index is 942. The fourth-order valence-electron chi connectivity index (χ4n) is 2.43. The zero-order chi connectivity index (χ0) is 19.6. The number of amides is 1. The molecule has 3 rings (SSSR count). The second-order valence-electron chi connectivity index (χ2n) is 5.89. The van der Waals surface area contributed by atoms with Crippen LogP contribution in [-0.4, -0.2) is 34.3 Å². The maximum atomic E-state index is 12.7. The van der Waals surface area contributed by atoms with Crippen molar-refractivity contribution < 1.29 is 9.72 Å². The highest BCUT2D eigenvalue weighted by Gasteiger charge is 2.33. The van der Waals surface area contributed by atoms with Gasteiger partial charge in [-0.25, -0.2) is 5.01 Å². The Morgan fingerprint density at radius 1 is 1.19 bits per heavy atom. The highest BCUT2D eigenvalue weighted by molar-refractivity contribution is 8.26. The number of rotatable bonds is 5. The molecule has 0 aliphatic carbocycles. The van der Waals surface area contributed by atoms with Gasteiger partial charge in [0.05, 0.1) is 9.83 Å². The zero-order valence-corrected chi connectivity index (χ0v) is 16.2. The summed E-state index contributed by atoms with van der Waals surface area (Å²) in [5, 5.41) is 12.3. The van der Waals surface area contributed by atoms with Crippen molar-refractivity contribution in [2.75, 3.05) is 24.4 Å². The normalized spacial score (nSPS) is 15.3. The first-order valence-electron chi connectivity index (χ1n) is 7.92. The molecule has 0 spiro atoms. The van der Waals surface area contributed by atoms with Crippen LogP contribution in [0.4, 0.5) is 17.1 Å². The summed E-state index contributed by atoms with van der Waals surface area (Å²) >= 11 is 6.41. The van der Waals surface area contributed by atoms with Crippen molar-refractivity contribution in [1.82, 2.24) is 5.01 Å². The lowest BCUT2D eigenvalue weighted by Gasteiger charge is -2.16. The number of nitrogens with one attached hydrogen (secondary N) is 1. The highest BCUT2D eigenvalue weighted by Crippen LogP contribution is 2.34. The highest BCUT2D eigenvalue weighted by atomic mass is 32.2. The van der Waals surface area contributed by atoms with E-state index in [1.165, 1.54) is 12.1 Å². The predicted molar refractivity (Wildman–Crippen MR) is 113 cm³/mol. The summed E-state index contributed by atoms with van der Waals surface area (Å²) in [6.07, 6.45) is 1.75. The van der Waals surface area contributed by atoms with E-state index in [1.807, 2.05) is 43.3 Å². The summed E-state index contributed by atoms with van der Waals surface area (Å²) in [5.74, 6) is -0.347. The molecule has 0 saturated carbocycles. The SMILES string of the molecule is CN(C)c1ccc(/C=C2/SC(=S)N(Nc3ccccc3[N+](=O)[O-])C2=O)cc1. The molecular weight excluding hydrogens is 384 g/mol. The minimum absolute atomic E-state index is 0.130. The van der Waals surface area contributed by atoms with Gasteiger partial charge in [-0.1, -0.05) is 36.0 Å². The Morgan fingerprint density at radius 2 is 1.85 bits per heavy atom. The van der Waals surface area contributed by atoms with Gasteiger partial charge in [-0.2, -0.15) is 0 Å². The number of thiocarbonyl (C=S) groups is 1. The van der Waals surface area contributed by atoms with Crippen molar-refractivity contribution in [2.24, 2.45) is 0 Å². The minimum Gasteiger partial charge on any atom is -0.378 e. The number of carbonyl (C=O) groups is 1. The van der Waals surface area contributed by atoms with Crippen molar-refractivity contribution >= 4 is 57.3 Å². The van der Waals surface area contributed by atoms with Gasteiger partial charge in [0.1, 0.15) is 5.69 Å². The van der Waals surface area contributed by atoms with Crippen LogP contribution in [-0.2, 0) is 4.79 Å². The molecule has 0 aromatic heterocycles. The largest absolute Gasteiger partial charge is 0.378 e. The Hall–Kier alpha value is -2.91. The van der Waals surface area contributed by atoms with Gasteiger partial charge < -0.3 is 4.90 Å². The van der Waals surface area contributed by atoms with Gasteiger partial charge in [0.2, 0.25) is 0 Å². The molecule has 2 aromatic carbocycles. The average molecular weight is 400 g/mol. The number of nitrogens with zero attached hydrogens (tertiary/aromatic N) is 3. The molecule has 27 heavy (non-hydrogen) atoms. The molecule has 1 amide bonds. The number of hydrazine groups is 1. The molecule has 7 nitrogen and oxygen atoms in total. The van der Waals surface area contributed by atoms with E-state index in [-0.39, 0.29) is 21.6 Å². The van der Waals surface area contributed by atoms with Crippen molar-refractivity contribution in [3.8, 4) is 0 Å². The van der Waals surface area contributed by atoms with Crippen LogP contribution in [0.5, 0.6) is 0 Å². The van der Waals surface area contributed by atoms with E-state index in [4.69, 9.17) is 12.2 Å². The second kappa shape index (κ2) is 7.77. The number of nitro groups is 1. The van der Waals surface area contributed by atoms with E-state index in [1.54, 1.807) is 18.2 Å². The van der Waals surface area contributed by atoms with Gasteiger partial charge in [0.15, 0.2) is 4.32 Å². The number of para-hydroxylation sites is 2. The zero-order valence-electron chi connectivity index (χ0n) is 14.6. The molecule has 0 unspecified atom stereocenters. The molecule has 138 valence electrons. The van der Waals surface area contributed by atoms with Crippen LogP contribution in [0.3, 0.4) is 0 Å². The van der Waals surface area contributed by atoms with Gasteiger partial charge in [0, 0.05) is 25.8 Å². The van der Waals surface area contributed by atoms with Gasteiger partial charge in [-0.3, -0.25) is 20.3 Å². The van der Waals surface area contributed by atoms with Gasteiger partial charge in [0.25, 0.3) is 11.6 Å². The summed E-state index contributed by atoms with van der Waals surface area (Å²) in [6.45, 7) is 0. The van der Waals surface area contributed by atoms with Crippen molar-refractivity contribution in [3.05, 3.63) is 69.1 Å². The maximum absolute atomic E-state index is 12.7. The lowest BCUT2D eigenvalue weighted by Crippen LogP contribution is -2.34. The number of hydrogen-bond acceptors (Lipinski definition) is 7. The first-order chi connectivity index (χ1) is 12.9. The van der Waals surface area contributed by atoms with Crippen LogP contribution in [0.15, 0.2) is 53.4 Å². The fourth-order valence-corrected chi connectivity index (χ4v) is 3.61. The molecular formula is C18H16N4O3S2. The standard InChI is InChI=1S/C18H16N4O3S2/c1-20(2)13-9-7-12(8-10-13)11-16-17(23)21(18(26)27-16)19-14-5-3-4-6-15(14)22(24)25/h3-11,19H,1-2H3/b16-11+. The minimum atomic E-state index is -0.512. The van der Waals surface area contributed by atoms with E-state index < -0.39 is 4.92 Å². The molecule has 9 heteroatoms. The molecule has 1 fully saturated rings. The Kier molecular flexibility index (Phi) is 5.43. The second-order valence-corrected chi connectivity index (χ2v) is 7.56. The Balaban J connectivity index is 1.82. The number of thioether (sulfide) groups is 1. The predicted octanol–water partition coefficient (Wildman–Crippen LogP) is 3.89. The average Bonchev–Trinajstić information content (AvgIpc) is 2.90.